The van der Waals surface area contributed by atoms with Crippen LogP contribution in [0.2, 0.25) is 0 Å². The summed E-state index contributed by atoms with van der Waals surface area (Å²) in [6.07, 6.45) is 7.44. The largest absolute Gasteiger partial charge is 0.313 e. The Morgan fingerprint density at radius 1 is 1.00 bits per heavy atom. The van der Waals surface area contributed by atoms with Gasteiger partial charge in [-0.05, 0) is 42.9 Å². The summed E-state index contributed by atoms with van der Waals surface area (Å²) < 4.78 is 0. The minimum atomic E-state index is 0.441. The molecule has 2 bridgehead atoms. The summed E-state index contributed by atoms with van der Waals surface area (Å²) in [6.45, 7) is 8.16. The zero-order valence-electron chi connectivity index (χ0n) is 9.97. The molecular formula is C13H25N. The highest BCUT2D eigenvalue weighted by Crippen LogP contribution is 2.42. The van der Waals surface area contributed by atoms with Crippen molar-refractivity contribution in [1.29, 1.82) is 0 Å². The van der Waals surface area contributed by atoms with Crippen molar-refractivity contribution < 1.29 is 0 Å². The molecule has 2 aliphatic rings. The van der Waals surface area contributed by atoms with Gasteiger partial charge in [0.15, 0.2) is 0 Å². The Balaban J connectivity index is 1.86. The van der Waals surface area contributed by atoms with Gasteiger partial charge in [0.2, 0.25) is 0 Å². The molecule has 0 aromatic heterocycles. The van der Waals surface area contributed by atoms with Crippen molar-refractivity contribution in [1.82, 2.24) is 5.32 Å². The molecular weight excluding hydrogens is 170 g/mol. The molecule has 1 heteroatoms. The molecule has 2 rings (SSSR count). The summed E-state index contributed by atoms with van der Waals surface area (Å²) in [4.78, 5) is 0. The van der Waals surface area contributed by atoms with Crippen molar-refractivity contribution in [2.45, 2.75) is 58.9 Å². The lowest BCUT2D eigenvalue weighted by Gasteiger charge is -2.33. The second kappa shape index (κ2) is 3.84. The molecule has 1 nitrogen and oxygen atoms in total. The van der Waals surface area contributed by atoms with Crippen molar-refractivity contribution in [2.24, 2.45) is 17.3 Å². The lowest BCUT2D eigenvalue weighted by molar-refractivity contribution is 0.229. The van der Waals surface area contributed by atoms with Crippen molar-refractivity contribution in [2.75, 3.05) is 6.54 Å². The molecule has 2 fully saturated rings. The summed E-state index contributed by atoms with van der Waals surface area (Å²) in [5.41, 5.74) is 0.441. The highest BCUT2D eigenvalue weighted by molar-refractivity contribution is 4.94. The number of nitrogens with one attached hydrogen (secondary N) is 1. The van der Waals surface area contributed by atoms with Gasteiger partial charge in [-0.3, -0.25) is 0 Å². The van der Waals surface area contributed by atoms with Crippen molar-refractivity contribution in [3.05, 3.63) is 0 Å². The van der Waals surface area contributed by atoms with Crippen LogP contribution < -0.4 is 5.32 Å². The second-order valence-electron chi connectivity index (χ2n) is 6.50. The maximum Gasteiger partial charge on any atom is 0.0124 e. The van der Waals surface area contributed by atoms with Crippen LogP contribution in [0.3, 0.4) is 0 Å². The van der Waals surface area contributed by atoms with E-state index in [0.717, 1.165) is 17.9 Å². The van der Waals surface area contributed by atoms with Gasteiger partial charge in [-0.15, -0.1) is 0 Å². The molecule has 82 valence electrons. The Bertz CT molecular complexity index is 176. The Hall–Kier alpha value is -0.0400. The molecule has 0 saturated heterocycles. The second-order valence-corrected chi connectivity index (χ2v) is 6.50. The van der Waals surface area contributed by atoms with E-state index < -0.39 is 0 Å². The highest BCUT2D eigenvalue weighted by Gasteiger charge is 2.38. The zero-order valence-corrected chi connectivity index (χ0v) is 9.97. The van der Waals surface area contributed by atoms with Crippen LogP contribution in [0.4, 0.5) is 0 Å². The Labute approximate surface area is 88.7 Å². The van der Waals surface area contributed by atoms with Gasteiger partial charge in [-0.1, -0.05) is 27.2 Å². The first-order valence-electron chi connectivity index (χ1n) is 6.30. The predicted molar refractivity (Wildman–Crippen MR) is 61.3 cm³/mol. The lowest BCUT2D eigenvalue weighted by atomic mass is 9.83. The summed E-state index contributed by atoms with van der Waals surface area (Å²) in [5.74, 6) is 2.02. The van der Waals surface area contributed by atoms with Crippen LogP contribution >= 0.6 is 0 Å². The van der Waals surface area contributed by atoms with E-state index in [1.165, 1.54) is 38.6 Å². The van der Waals surface area contributed by atoms with Crippen LogP contribution in [0.1, 0.15) is 52.9 Å². The normalized spacial score (nSPS) is 37.5. The van der Waals surface area contributed by atoms with E-state index in [1.807, 2.05) is 0 Å². The molecule has 2 aliphatic carbocycles. The van der Waals surface area contributed by atoms with E-state index >= 15 is 0 Å². The number of hydrogen-bond donors (Lipinski definition) is 1. The van der Waals surface area contributed by atoms with Gasteiger partial charge in [0.05, 0.1) is 0 Å². The molecule has 0 heterocycles. The molecule has 0 amide bonds. The molecule has 0 aliphatic heterocycles. The molecule has 0 aromatic rings. The van der Waals surface area contributed by atoms with E-state index in [2.05, 4.69) is 26.1 Å². The SMILES string of the molecule is CC(C)(C)CNC1C2CCCC1CC2. The molecule has 0 radical (unpaired) electrons. The minimum Gasteiger partial charge on any atom is -0.313 e. The van der Waals surface area contributed by atoms with E-state index in [9.17, 15) is 0 Å². The standard InChI is InChI=1S/C13H25N/c1-13(2,3)9-14-12-10-5-4-6-11(12)8-7-10/h10-12,14H,4-9H2,1-3H3. The third-order valence-corrected chi connectivity index (χ3v) is 3.94. The van der Waals surface area contributed by atoms with Crippen LogP contribution in [0, 0.1) is 17.3 Å². The van der Waals surface area contributed by atoms with Crippen LogP contribution in [-0.4, -0.2) is 12.6 Å². The quantitative estimate of drug-likeness (QED) is 0.713. The summed E-state index contributed by atoms with van der Waals surface area (Å²) in [6, 6.07) is 0.864. The van der Waals surface area contributed by atoms with Gasteiger partial charge in [-0.25, -0.2) is 0 Å². The molecule has 0 aromatic carbocycles. The first kappa shape index (κ1) is 10.5. The summed E-state index contributed by atoms with van der Waals surface area (Å²) >= 11 is 0. The van der Waals surface area contributed by atoms with Crippen LogP contribution in [0.25, 0.3) is 0 Å². The van der Waals surface area contributed by atoms with Gasteiger partial charge >= 0.3 is 0 Å². The third kappa shape index (κ3) is 2.31. The van der Waals surface area contributed by atoms with Gasteiger partial charge in [0, 0.05) is 12.6 Å². The molecule has 2 atom stereocenters. The monoisotopic (exact) mass is 195 g/mol. The van der Waals surface area contributed by atoms with Gasteiger partial charge in [0.1, 0.15) is 0 Å². The van der Waals surface area contributed by atoms with E-state index in [1.54, 1.807) is 0 Å². The topological polar surface area (TPSA) is 12.0 Å². The summed E-state index contributed by atoms with van der Waals surface area (Å²) in [5, 5.41) is 3.82. The number of rotatable bonds is 2. The molecule has 0 spiro atoms. The Morgan fingerprint density at radius 3 is 2.07 bits per heavy atom. The maximum absolute atomic E-state index is 3.82. The van der Waals surface area contributed by atoms with E-state index in [-0.39, 0.29) is 0 Å². The van der Waals surface area contributed by atoms with Gasteiger partial charge in [0.25, 0.3) is 0 Å². The average Bonchev–Trinajstić information content (AvgIpc) is 2.32. The number of fused-ring (bicyclic) bond motifs is 2. The van der Waals surface area contributed by atoms with Crippen LogP contribution in [-0.2, 0) is 0 Å². The molecule has 2 saturated carbocycles. The Kier molecular flexibility index (Phi) is 2.88. The smallest absolute Gasteiger partial charge is 0.0124 e. The van der Waals surface area contributed by atoms with Crippen LogP contribution in [0.15, 0.2) is 0 Å². The lowest BCUT2D eigenvalue weighted by Crippen LogP contribution is -2.43. The fourth-order valence-corrected chi connectivity index (χ4v) is 3.22. The molecule has 14 heavy (non-hydrogen) atoms. The van der Waals surface area contributed by atoms with E-state index in [4.69, 9.17) is 0 Å². The van der Waals surface area contributed by atoms with Crippen LogP contribution in [0.5, 0.6) is 0 Å². The van der Waals surface area contributed by atoms with E-state index in [0.29, 0.717) is 5.41 Å². The Morgan fingerprint density at radius 2 is 1.57 bits per heavy atom. The van der Waals surface area contributed by atoms with Crippen molar-refractivity contribution in [3.63, 3.8) is 0 Å². The first-order chi connectivity index (χ1) is 6.56. The van der Waals surface area contributed by atoms with Gasteiger partial charge < -0.3 is 5.32 Å². The molecule has 2 unspecified atom stereocenters. The first-order valence-corrected chi connectivity index (χ1v) is 6.30. The fourth-order valence-electron chi connectivity index (χ4n) is 3.22. The van der Waals surface area contributed by atoms with Gasteiger partial charge in [-0.2, -0.15) is 0 Å². The molecule has 1 N–H and O–H groups in total. The fraction of sp³-hybridized carbons (Fsp3) is 1.00. The third-order valence-electron chi connectivity index (χ3n) is 3.94. The maximum atomic E-state index is 3.82. The highest BCUT2D eigenvalue weighted by atomic mass is 14.9. The zero-order chi connectivity index (χ0) is 10.2. The predicted octanol–water partition coefficient (Wildman–Crippen LogP) is 3.20. The average molecular weight is 195 g/mol. The summed E-state index contributed by atoms with van der Waals surface area (Å²) in [7, 11) is 0. The van der Waals surface area contributed by atoms with Crippen molar-refractivity contribution >= 4 is 0 Å². The van der Waals surface area contributed by atoms with Crippen molar-refractivity contribution in [3.8, 4) is 0 Å². The number of hydrogen-bond acceptors (Lipinski definition) is 1. The minimum absolute atomic E-state index is 0.441.